The number of carbonyl (C=O) groups is 2. The topological polar surface area (TPSA) is 86.9 Å². The van der Waals surface area contributed by atoms with Crippen molar-refractivity contribution >= 4 is 56.5 Å². The number of aromatic nitrogens is 2. The van der Waals surface area contributed by atoms with Crippen molar-refractivity contribution in [3.05, 3.63) is 75.9 Å². The number of anilines is 2. The average Bonchev–Trinajstić information content (AvgIpc) is 3.27. The van der Waals surface area contributed by atoms with Gasteiger partial charge < -0.3 is 10.3 Å². The van der Waals surface area contributed by atoms with Crippen molar-refractivity contribution in [3.63, 3.8) is 0 Å². The van der Waals surface area contributed by atoms with E-state index >= 15 is 0 Å². The number of carbonyl (C=O) groups excluding carboxylic acids is 2. The van der Waals surface area contributed by atoms with Gasteiger partial charge in [0.05, 0.1) is 16.2 Å². The minimum absolute atomic E-state index is 0.265. The molecule has 4 aromatic rings. The van der Waals surface area contributed by atoms with Crippen LogP contribution in [0, 0.1) is 6.92 Å². The van der Waals surface area contributed by atoms with Crippen molar-refractivity contribution in [2.75, 3.05) is 10.6 Å². The lowest BCUT2D eigenvalue weighted by molar-refractivity contribution is 0.101. The maximum Gasteiger partial charge on any atom is 0.273 e. The molecule has 0 saturated heterocycles. The average molecular weight is 411 g/mol. The number of H-pyrrole nitrogens is 1. The molecule has 0 spiro atoms. The van der Waals surface area contributed by atoms with E-state index < -0.39 is 0 Å². The number of halogens is 1. The number of aryl methyl sites for hydroxylation is 1. The second-order valence-electron chi connectivity index (χ2n) is 6.09. The van der Waals surface area contributed by atoms with Gasteiger partial charge in [-0.15, -0.1) is 0 Å². The minimum atomic E-state index is -0.351. The van der Waals surface area contributed by atoms with Crippen molar-refractivity contribution < 1.29 is 9.59 Å². The summed E-state index contributed by atoms with van der Waals surface area (Å²) in [6, 6.07) is 16.3. The van der Waals surface area contributed by atoms with Gasteiger partial charge >= 0.3 is 0 Å². The Labute approximate surface area is 169 Å². The molecule has 28 heavy (non-hydrogen) atoms. The zero-order valence-electron chi connectivity index (χ0n) is 14.7. The number of benzene rings is 2. The van der Waals surface area contributed by atoms with E-state index in [4.69, 9.17) is 11.6 Å². The highest BCUT2D eigenvalue weighted by Gasteiger charge is 2.18. The van der Waals surface area contributed by atoms with E-state index in [1.54, 1.807) is 31.2 Å². The van der Waals surface area contributed by atoms with Crippen molar-refractivity contribution in [2.45, 2.75) is 6.92 Å². The first-order valence-electron chi connectivity index (χ1n) is 8.43. The summed E-state index contributed by atoms with van der Waals surface area (Å²) in [5.41, 5.74) is 2.31. The lowest BCUT2D eigenvalue weighted by Crippen LogP contribution is -2.12. The fourth-order valence-electron chi connectivity index (χ4n) is 2.78. The number of aromatic amines is 1. The zero-order chi connectivity index (χ0) is 19.7. The van der Waals surface area contributed by atoms with Crippen LogP contribution in [0.3, 0.4) is 0 Å². The number of rotatable bonds is 4. The highest BCUT2D eigenvalue weighted by Crippen LogP contribution is 2.26. The van der Waals surface area contributed by atoms with Crippen LogP contribution in [0.25, 0.3) is 10.9 Å². The van der Waals surface area contributed by atoms with Gasteiger partial charge in [0.15, 0.2) is 5.13 Å². The third-order valence-corrected chi connectivity index (χ3v) is 5.49. The molecule has 6 nitrogen and oxygen atoms in total. The first kappa shape index (κ1) is 18.2. The fourth-order valence-corrected chi connectivity index (χ4v) is 3.86. The molecular weight excluding hydrogens is 396 g/mol. The lowest BCUT2D eigenvalue weighted by atomic mass is 10.2. The third-order valence-electron chi connectivity index (χ3n) is 4.10. The fraction of sp³-hybridized carbons (Fsp3) is 0.0500. The first-order chi connectivity index (χ1) is 13.5. The normalized spacial score (nSPS) is 10.8. The summed E-state index contributed by atoms with van der Waals surface area (Å²) in [5, 5.41) is 7.29. The maximum absolute atomic E-state index is 12.6. The van der Waals surface area contributed by atoms with E-state index in [0.29, 0.717) is 37.6 Å². The molecule has 0 atom stereocenters. The predicted molar refractivity (Wildman–Crippen MR) is 113 cm³/mol. The molecule has 0 saturated carbocycles. The molecule has 3 N–H and O–H groups in total. The summed E-state index contributed by atoms with van der Waals surface area (Å²) in [6.07, 6.45) is 0. The number of hydrogen-bond donors (Lipinski definition) is 3. The van der Waals surface area contributed by atoms with Crippen molar-refractivity contribution in [3.8, 4) is 0 Å². The number of amides is 2. The van der Waals surface area contributed by atoms with Crippen LogP contribution >= 0.6 is 22.9 Å². The van der Waals surface area contributed by atoms with Gasteiger partial charge in [-0.25, -0.2) is 4.98 Å². The quantitative estimate of drug-likeness (QED) is 0.438. The first-order valence-corrected chi connectivity index (χ1v) is 9.63. The molecule has 0 radical (unpaired) electrons. The van der Waals surface area contributed by atoms with Crippen LogP contribution in [-0.4, -0.2) is 21.8 Å². The highest BCUT2D eigenvalue weighted by molar-refractivity contribution is 7.17. The second kappa shape index (κ2) is 7.46. The number of thiazole rings is 1. The molecule has 0 bridgehead atoms. The molecule has 140 valence electrons. The maximum atomic E-state index is 12.6. The molecule has 2 heterocycles. The van der Waals surface area contributed by atoms with Crippen LogP contribution in [0.4, 0.5) is 10.8 Å². The molecule has 0 unspecified atom stereocenters. The van der Waals surface area contributed by atoms with Gasteiger partial charge in [0.2, 0.25) is 0 Å². The number of hydrogen-bond acceptors (Lipinski definition) is 4. The van der Waals surface area contributed by atoms with Gasteiger partial charge in [0.1, 0.15) is 10.6 Å². The molecule has 2 aromatic carbocycles. The highest BCUT2D eigenvalue weighted by atomic mass is 35.5. The molecule has 0 fully saturated rings. The van der Waals surface area contributed by atoms with Crippen molar-refractivity contribution in [1.29, 1.82) is 0 Å². The summed E-state index contributed by atoms with van der Waals surface area (Å²) in [7, 11) is 0. The Morgan fingerprint density at radius 2 is 1.82 bits per heavy atom. The van der Waals surface area contributed by atoms with Crippen LogP contribution in [0.5, 0.6) is 0 Å². The molecule has 2 aromatic heterocycles. The summed E-state index contributed by atoms with van der Waals surface area (Å²) < 4.78 is 0. The molecule has 0 aliphatic heterocycles. The Morgan fingerprint density at radius 3 is 2.57 bits per heavy atom. The summed E-state index contributed by atoms with van der Waals surface area (Å²) in [5.74, 6) is -0.616. The zero-order valence-corrected chi connectivity index (χ0v) is 16.3. The summed E-state index contributed by atoms with van der Waals surface area (Å²) >= 11 is 7.27. The summed E-state index contributed by atoms with van der Waals surface area (Å²) in [6.45, 7) is 1.73. The number of nitrogens with one attached hydrogen (secondary N) is 3. The number of para-hydroxylation sites is 2. The second-order valence-corrected chi connectivity index (χ2v) is 7.50. The minimum Gasteiger partial charge on any atom is -0.349 e. The predicted octanol–water partition coefficient (Wildman–Crippen LogP) is 5.09. The monoisotopic (exact) mass is 410 g/mol. The molecule has 0 aliphatic carbocycles. The lowest BCUT2D eigenvalue weighted by Gasteiger charge is -2.02. The van der Waals surface area contributed by atoms with E-state index in [-0.39, 0.29) is 11.8 Å². The Morgan fingerprint density at radius 1 is 1.04 bits per heavy atom. The van der Waals surface area contributed by atoms with Crippen LogP contribution in [-0.2, 0) is 0 Å². The van der Waals surface area contributed by atoms with E-state index in [9.17, 15) is 9.59 Å². The Balaban J connectivity index is 1.52. The Bertz CT molecular complexity index is 1180. The molecular formula is C20H15ClN4O2S. The van der Waals surface area contributed by atoms with E-state index in [1.165, 1.54) is 0 Å². The van der Waals surface area contributed by atoms with Crippen molar-refractivity contribution in [2.24, 2.45) is 0 Å². The van der Waals surface area contributed by atoms with Crippen LogP contribution in [0.15, 0.2) is 54.6 Å². The van der Waals surface area contributed by atoms with Crippen molar-refractivity contribution in [1.82, 2.24) is 9.97 Å². The number of nitrogens with zero attached hydrogens (tertiary/aromatic N) is 1. The molecule has 4 rings (SSSR count). The number of fused-ring (bicyclic) bond motifs is 1. The van der Waals surface area contributed by atoms with Gasteiger partial charge in [-0.05, 0) is 31.2 Å². The standard InChI is InChI=1S/C20H15ClN4O2S/c1-11-17(19(27)23-13-7-3-2-4-8-13)28-20(22-11)25-18(26)15-10-12-6-5-9-14(21)16(12)24-15/h2-10,24H,1H3,(H,23,27)(H,22,25,26). The third kappa shape index (κ3) is 3.62. The van der Waals surface area contributed by atoms with Gasteiger partial charge in [-0.1, -0.05) is 53.3 Å². The van der Waals surface area contributed by atoms with Crippen LogP contribution in [0.1, 0.15) is 25.9 Å². The summed E-state index contributed by atoms with van der Waals surface area (Å²) in [4.78, 5) is 32.8. The Hall–Kier alpha value is -3.16. The molecule has 2 amide bonds. The van der Waals surface area contributed by atoms with Gasteiger partial charge in [-0.2, -0.15) is 0 Å². The van der Waals surface area contributed by atoms with Gasteiger partial charge in [0, 0.05) is 11.1 Å². The largest absolute Gasteiger partial charge is 0.349 e. The van der Waals surface area contributed by atoms with Gasteiger partial charge in [0.25, 0.3) is 11.8 Å². The molecule has 0 aliphatic rings. The van der Waals surface area contributed by atoms with E-state index in [1.807, 2.05) is 30.3 Å². The van der Waals surface area contributed by atoms with E-state index in [0.717, 1.165) is 16.7 Å². The van der Waals surface area contributed by atoms with Crippen LogP contribution < -0.4 is 10.6 Å². The Kier molecular flexibility index (Phi) is 4.85. The van der Waals surface area contributed by atoms with E-state index in [2.05, 4.69) is 20.6 Å². The SMILES string of the molecule is Cc1nc(NC(=O)c2cc3cccc(Cl)c3[nH]2)sc1C(=O)Nc1ccccc1. The smallest absolute Gasteiger partial charge is 0.273 e. The van der Waals surface area contributed by atoms with Crippen LogP contribution in [0.2, 0.25) is 5.02 Å². The van der Waals surface area contributed by atoms with Gasteiger partial charge in [-0.3, -0.25) is 14.9 Å². The molecule has 8 heteroatoms.